The highest BCUT2D eigenvalue weighted by molar-refractivity contribution is 5.79. The molecule has 2 aromatic heterocycles. The molecule has 0 atom stereocenters. The van der Waals surface area contributed by atoms with Gasteiger partial charge in [-0.2, -0.15) is 0 Å². The van der Waals surface area contributed by atoms with Crippen molar-refractivity contribution in [2.45, 2.75) is 90.9 Å². The Labute approximate surface area is 252 Å². The Balaban J connectivity index is 1.45. The van der Waals surface area contributed by atoms with Gasteiger partial charge in [-0.05, 0) is 49.2 Å². The number of nitrogens with zero attached hydrogens (tertiary/aromatic N) is 4. The summed E-state index contributed by atoms with van der Waals surface area (Å²) in [5.74, 6) is 0.525. The smallest absolute Gasteiger partial charge is 0.201 e. The summed E-state index contributed by atoms with van der Waals surface area (Å²) in [6.45, 7) is 6.51. The van der Waals surface area contributed by atoms with Gasteiger partial charge in [-0.25, -0.2) is 4.98 Å². The average molecular weight is 565 g/mol. The molecule has 0 saturated heterocycles. The molecule has 222 valence electrons. The Kier molecular flexibility index (Phi) is 13.3. The minimum absolute atomic E-state index is 0.525. The van der Waals surface area contributed by atoms with Gasteiger partial charge >= 0.3 is 0 Å². The molecule has 0 aliphatic carbocycles. The lowest BCUT2D eigenvalue weighted by Gasteiger charge is -2.12. The summed E-state index contributed by atoms with van der Waals surface area (Å²) in [6, 6.07) is 22.7. The van der Waals surface area contributed by atoms with Gasteiger partial charge in [-0.15, -0.1) is 10.2 Å². The maximum atomic E-state index is 4.97. The zero-order valence-corrected chi connectivity index (χ0v) is 25.6. The van der Waals surface area contributed by atoms with Gasteiger partial charge in [0.05, 0.1) is 0 Å². The molecule has 0 radical (unpaired) electrons. The van der Waals surface area contributed by atoms with Crippen LogP contribution in [0.1, 0.15) is 90.9 Å². The molecule has 2 heterocycles. The van der Waals surface area contributed by atoms with Crippen molar-refractivity contribution >= 4 is 11.4 Å². The van der Waals surface area contributed by atoms with Gasteiger partial charge in [0.25, 0.3) is 0 Å². The molecule has 0 bridgehead atoms. The zero-order chi connectivity index (χ0) is 29.2. The largest absolute Gasteiger partial charge is 0.385 e. The minimum Gasteiger partial charge on any atom is -0.385 e. The third-order valence-corrected chi connectivity index (χ3v) is 7.62. The highest BCUT2D eigenvalue weighted by atomic mass is 15.2. The first-order chi connectivity index (χ1) is 20.8. The fourth-order valence-corrected chi connectivity index (χ4v) is 5.09. The second-order valence-electron chi connectivity index (χ2n) is 11.1. The Morgan fingerprint density at radius 1 is 0.524 bits per heavy atom. The molecule has 0 saturated carbocycles. The molecule has 0 spiro atoms. The van der Waals surface area contributed by atoms with Crippen LogP contribution in [0.5, 0.6) is 0 Å². The number of nitrogens with one attached hydrogen (secondary N) is 2. The first-order valence-electron chi connectivity index (χ1n) is 16.1. The topological polar surface area (TPSA) is 75.6 Å². The van der Waals surface area contributed by atoms with Crippen molar-refractivity contribution < 1.29 is 0 Å². The number of pyridine rings is 1. The third-order valence-electron chi connectivity index (χ3n) is 7.62. The predicted octanol–water partition coefficient (Wildman–Crippen LogP) is 9.81. The normalized spacial score (nSPS) is 11.0. The molecule has 0 fully saturated rings. The summed E-state index contributed by atoms with van der Waals surface area (Å²) in [4.78, 5) is 9.42. The van der Waals surface area contributed by atoms with E-state index in [9.17, 15) is 0 Å². The van der Waals surface area contributed by atoms with E-state index in [0.29, 0.717) is 11.5 Å². The molecular formula is C36H48N6. The number of benzene rings is 2. The van der Waals surface area contributed by atoms with Gasteiger partial charge in [-0.3, -0.25) is 4.98 Å². The van der Waals surface area contributed by atoms with Crippen LogP contribution < -0.4 is 10.6 Å². The quantitative estimate of drug-likeness (QED) is 0.110. The number of unbranched alkanes of at least 4 members (excludes halogenated alkanes) is 10. The number of rotatable bonds is 19. The lowest BCUT2D eigenvalue weighted by molar-refractivity contribution is 0.617. The second kappa shape index (κ2) is 17.9. The van der Waals surface area contributed by atoms with Crippen molar-refractivity contribution in [3.63, 3.8) is 0 Å². The Hall–Kier alpha value is -3.80. The van der Waals surface area contributed by atoms with Crippen LogP contribution in [0.15, 0.2) is 72.9 Å². The predicted molar refractivity (Wildman–Crippen MR) is 178 cm³/mol. The minimum atomic E-state index is 0.525. The van der Waals surface area contributed by atoms with Crippen LogP contribution in [0.4, 0.5) is 11.4 Å². The second-order valence-corrected chi connectivity index (χ2v) is 11.1. The fourth-order valence-electron chi connectivity index (χ4n) is 5.09. The van der Waals surface area contributed by atoms with Crippen molar-refractivity contribution in [2.24, 2.45) is 0 Å². The van der Waals surface area contributed by atoms with Gasteiger partial charge in [0, 0.05) is 41.8 Å². The van der Waals surface area contributed by atoms with E-state index in [2.05, 4.69) is 88.2 Å². The summed E-state index contributed by atoms with van der Waals surface area (Å²) >= 11 is 0. The van der Waals surface area contributed by atoms with Gasteiger partial charge < -0.3 is 10.6 Å². The molecule has 2 aromatic carbocycles. The first-order valence-corrected chi connectivity index (χ1v) is 16.1. The van der Waals surface area contributed by atoms with Crippen molar-refractivity contribution in [2.75, 3.05) is 23.7 Å². The van der Waals surface area contributed by atoms with Crippen LogP contribution in [0.3, 0.4) is 0 Å². The van der Waals surface area contributed by atoms with Crippen LogP contribution in [0.25, 0.3) is 34.0 Å². The molecule has 6 nitrogen and oxygen atoms in total. The van der Waals surface area contributed by atoms with E-state index in [1.54, 1.807) is 6.20 Å². The maximum absolute atomic E-state index is 4.97. The lowest BCUT2D eigenvalue weighted by Crippen LogP contribution is -2.03. The van der Waals surface area contributed by atoms with Crippen LogP contribution >= 0.6 is 0 Å². The molecule has 0 amide bonds. The van der Waals surface area contributed by atoms with E-state index in [1.165, 1.54) is 77.0 Å². The first kappa shape index (κ1) is 31.1. The molecule has 4 rings (SSSR count). The summed E-state index contributed by atoms with van der Waals surface area (Å²) in [7, 11) is 0. The lowest BCUT2D eigenvalue weighted by atomic mass is 10.0. The van der Waals surface area contributed by atoms with Crippen molar-refractivity contribution in [1.29, 1.82) is 0 Å². The highest BCUT2D eigenvalue weighted by Gasteiger charge is 2.15. The van der Waals surface area contributed by atoms with Crippen molar-refractivity contribution in [3.8, 4) is 34.0 Å². The summed E-state index contributed by atoms with van der Waals surface area (Å²) in [6.07, 6.45) is 17.3. The number of anilines is 2. The Morgan fingerprint density at radius 2 is 1.05 bits per heavy atom. The van der Waals surface area contributed by atoms with Gasteiger partial charge in [0.2, 0.25) is 5.82 Å². The van der Waals surface area contributed by atoms with Gasteiger partial charge in [0.15, 0.2) is 0 Å². The average Bonchev–Trinajstić information content (AvgIpc) is 3.05. The van der Waals surface area contributed by atoms with Crippen LogP contribution in [-0.2, 0) is 0 Å². The molecule has 4 aromatic rings. The van der Waals surface area contributed by atoms with Gasteiger partial charge in [-0.1, -0.05) is 108 Å². The number of hydrogen-bond acceptors (Lipinski definition) is 6. The summed E-state index contributed by atoms with van der Waals surface area (Å²) < 4.78 is 0. The van der Waals surface area contributed by atoms with Gasteiger partial charge in [0.1, 0.15) is 17.1 Å². The van der Waals surface area contributed by atoms with Crippen LogP contribution in [0.2, 0.25) is 0 Å². The maximum Gasteiger partial charge on any atom is 0.201 e. The summed E-state index contributed by atoms with van der Waals surface area (Å²) in [5, 5.41) is 16.3. The van der Waals surface area contributed by atoms with E-state index < -0.39 is 0 Å². The molecule has 6 heteroatoms. The van der Waals surface area contributed by atoms with E-state index in [0.717, 1.165) is 47.0 Å². The molecule has 0 aliphatic heterocycles. The van der Waals surface area contributed by atoms with E-state index in [-0.39, 0.29) is 0 Å². The molecule has 0 aliphatic rings. The number of hydrogen-bond donors (Lipinski definition) is 2. The van der Waals surface area contributed by atoms with E-state index in [4.69, 9.17) is 4.98 Å². The summed E-state index contributed by atoms with van der Waals surface area (Å²) in [5.41, 5.74) is 6.54. The molecule has 2 N–H and O–H groups in total. The fraction of sp³-hybridized carbons (Fsp3) is 0.444. The zero-order valence-electron chi connectivity index (χ0n) is 25.6. The molecule has 0 unspecified atom stereocenters. The Morgan fingerprint density at radius 3 is 1.57 bits per heavy atom. The highest BCUT2D eigenvalue weighted by Crippen LogP contribution is 2.31. The monoisotopic (exact) mass is 564 g/mol. The molecular weight excluding hydrogens is 516 g/mol. The van der Waals surface area contributed by atoms with Crippen LogP contribution in [-0.4, -0.2) is 33.3 Å². The van der Waals surface area contributed by atoms with Crippen LogP contribution in [0, 0.1) is 0 Å². The standard InChI is InChI=1S/C36H48N6/c1-3-5-7-9-11-14-26-37-31-22-18-29(19-23-31)34-35(41-42-36(40-34)33-17-13-16-28-39-33)30-20-24-32(25-21-30)38-27-15-12-10-8-6-4-2/h13,16-25,28,37-38H,3-12,14-15,26-27H2,1-2H3. The Bertz CT molecular complexity index is 1290. The van der Waals surface area contributed by atoms with Crippen molar-refractivity contribution in [1.82, 2.24) is 20.2 Å². The number of aromatic nitrogens is 4. The van der Waals surface area contributed by atoms with E-state index >= 15 is 0 Å². The molecule has 42 heavy (non-hydrogen) atoms. The third kappa shape index (κ3) is 9.93. The SMILES string of the molecule is CCCCCCCCNc1ccc(-c2nnc(-c3ccccn3)nc2-c2ccc(NCCCCCCCC)cc2)cc1. The van der Waals surface area contributed by atoms with Crippen molar-refractivity contribution in [3.05, 3.63) is 72.9 Å². The van der Waals surface area contributed by atoms with E-state index in [1.807, 2.05) is 18.2 Å².